The summed E-state index contributed by atoms with van der Waals surface area (Å²) < 4.78 is 6.59. The van der Waals surface area contributed by atoms with Gasteiger partial charge in [0.25, 0.3) is 0 Å². The average molecular weight is 334 g/mol. The minimum Gasteiger partial charge on any atom is -0.496 e. The second-order valence-electron chi connectivity index (χ2n) is 4.68. The lowest BCUT2D eigenvalue weighted by atomic mass is 9.98. The van der Waals surface area contributed by atoms with Crippen LogP contribution >= 0.6 is 15.9 Å². The van der Waals surface area contributed by atoms with Crippen molar-refractivity contribution in [1.82, 2.24) is 5.32 Å². The van der Waals surface area contributed by atoms with E-state index in [4.69, 9.17) is 4.74 Å². The maximum Gasteiger partial charge on any atom is 0.123 e. The molecule has 20 heavy (non-hydrogen) atoms. The van der Waals surface area contributed by atoms with E-state index in [1.807, 2.05) is 12.1 Å². The first-order chi connectivity index (χ1) is 9.74. The van der Waals surface area contributed by atoms with Gasteiger partial charge in [-0.05, 0) is 36.7 Å². The van der Waals surface area contributed by atoms with Crippen LogP contribution in [0.4, 0.5) is 0 Å². The number of benzene rings is 2. The zero-order valence-corrected chi connectivity index (χ0v) is 13.5. The van der Waals surface area contributed by atoms with Gasteiger partial charge in [-0.2, -0.15) is 0 Å². The van der Waals surface area contributed by atoms with E-state index in [-0.39, 0.29) is 6.04 Å². The molecule has 2 nitrogen and oxygen atoms in total. The zero-order valence-electron chi connectivity index (χ0n) is 11.9. The van der Waals surface area contributed by atoms with E-state index in [9.17, 15) is 0 Å². The molecule has 1 N–H and O–H groups in total. The van der Waals surface area contributed by atoms with Crippen molar-refractivity contribution >= 4 is 15.9 Å². The molecule has 0 amide bonds. The zero-order chi connectivity index (χ0) is 14.4. The minimum absolute atomic E-state index is 0.261. The van der Waals surface area contributed by atoms with Gasteiger partial charge in [-0.1, -0.05) is 53.2 Å². The van der Waals surface area contributed by atoms with Crippen LogP contribution < -0.4 is 10.1 Å². The maximum atomic E-state index is 5.48. The Morgan fingerprint density at radius 3 is 2.45 bits per heavy atom. The van der Waals surface area contributed by atoms with Crippen LogP contribution in [0.2, 0.25) is 0 Å². The van der Waals surface area contributed by atoms with Crippen molar-refractivity contribution in [1.29, 1.82) is 0 Å². The SMILES string of the molecule is CCNC(Cc1ccc(Br)cc1)c1ccccc1OC. The van der Waals surface area contributed by atoms with Crippen molar-refractivity contribution in [2.45, 2.75) is 19.4 Å². The highest BCUT2D eigenvalue weighted by molar-refractivity contribution is 9.10. The third-order valence-corrected chi connectivity index (χ3v) is 3.85. The Balaban J connectivity index is 2.24. The van der Waals surface area contributed by atoms with Crippen molar-refractivity contribution in [3.8, 4) is 5.75 Å². The van der Waals surface area contributed by atoms with Gasteiger partial charge < -0.3 is 10.1 Å². The summed E-state index contributed by atoms with van der Waals surface area (Å²) in [4.78, 5) is 0. The quantitative estimate of drug-likeness (QED) is 0.848. The lowest BCUT2D eigenvalue weighted by Crippen LogP contribution is -2.23. The molecule has 2 aromatic rings. The van der Waals surface area contributed by atoms with Gasteiger partial charge in [0.1, 0.15) is 5.75 Å². The highest BCUT2D eigenvalue weighted by Gasteiger charge is 2.15. The van der Waals surface area contributed by atoms with Gasteiger partial charge in [0.05, 0.1) is 7.11 Å². The molecule has 0 heterocycles. The summed E-state index contributed by atoms with van der Waals surface area (Å²) >= 11 is 3.47. The van der Waals surface area contributed by atoms with Crippen molar-refractivity contribution in [3.05, 3.63) is 64.1 Å². The number of halogens is 1. The molecule has 0 fully saturated rings. The lowest BCUT2D eigenvalue weighted by molar-refractivity contribution is 0.399. The normalized spacial score (nSPS) is 12.2. The van der Waals surface area contributed by atoms with Crippen LogP contribution in [0.5, 0.6) is 5.75 Å². The van der Waals surface area contributed by atoms with Gasteiger partial charge in [-0.25, -0.2) is 0 Å². The topological polar surface area (TPSA) is 21.3 Å². The van der Waals surface area contributed by atoms with Gasteiger partial charge >= 0.3 is 0 Å². The highest BCUT2D eigenvalue weighted by atomic mass is 79.9. The molecule has 0 radical (unpaired) electrons. The Morgan fingerprint density at radius 2 is 1.80 bits per heavy atom. The summed E-state index contributed by atoms with van der Waals surface area (Å²) in [6.07, 6.45) is 0.946. The number of hydrogen-bond donors (Lipinski definition) is 1. The summed E-state index contributed by atoms with van der Waals surface area (Å²) in [5.41, 5.74) is 2.52. The highest BCUT2D eigenvalue weighted by Crippen LogP contribution is 2.27. The summed E-state index contributed by atoms with van der Waals surface area (Å²) in [7, 11) is 1.72. The standard InChI is InChI=1S/C17H20BrNO/c1-3-19-16(12-13-8-10-14(18)11-9-13)15-6-4-5-7-17(15)20-2/h4-11,16,19H,3,12H2,1-2H3. The Labute approximate surface area is 129 Å². The molecule has 0 aliphatic carbocycles. The molecular weight excluding hydrogens is 314 g/mol. The van der Waals surface area contributed by atoms with E-state index in [1.165, 1.54) is 11.1 Å². The molecule has 106 valence electrons. The molecule has 2 aromatic carbocycles. The lowest BCUT2D eigenvalue weighted by Gasteiger charge is -2.21. The van der Waals surface area contributed by atoms with Crippen molar-refractivity contribution in [2.24, 2.45) is 0 Å². The maximum absolute atomic E-state index is 5.48. The van der Waals surface area contributed by atoms with E-state index in [0.29, 0.717) is 0 Å². The molecule has 0 saturated heterocycles. The minimum atomic E-state index is 0.261. The van der Waals surface area contributed by atoms with Gasteiger partial charge in [0, 0.05) is 16.1 Å². The monoisotopic (exact) mass is 333 g/mol. The Morgan fingerprint density at radius 1 is 1.10 bits per heavy atom. The van der Waals surface area contributed by atoms with Crippen LogP contribution in [-0.4, -0.2) is 13.7 Å². The van der Waals surface area contributed by atoms with Gasteiger partial charge in [-0.3, -0.25) is 0 Å². The van der Waals surface area contributed by atoms with Crippen molar-refractivity contribution in [3.63, 3.8) is 0 Å². The van der Waals surface area contributed by atoms with Gasteiger partial charge in [0.15, 0.2) is 0 Å². The number of nitrogens with one attached hydrogen (secondary N) is 1. The molecule has 1 atom stereocenters. The van der Waals surface area contributed by atoms with E-state index in [1.54, 1.807) is 7.11 Å². The van der Waals surface area contributed by atoms with Crippen LogP contribution in [0.1, 0.15) is 24.1 Å². The van der Waals surface area contributed by atoms with Gasteiger partial charge in [-0.15, -0.1) is 0 Å². The molecule has 0 spiro atoms. The molecule has 0 bridgehead atoms. The van der Waals surface area contributed by atoms with Gasteiger partial charge in [0.2, 0.25) is 0 Å². The first-order valence-corrected chi connectivity index (χ1v) is 7.64. The fourth-order valence-electron chi connectivity index (χ4n) is 2.35. The third kappa shape index (κ3) is 3.84. The number of methoxy groups -OCH3 is 1. The number of hydrogen-bond acceptors (Lipinski definition) is 2. The largest absolute Gasteiger partial charge is 0.496 e. The summed E-state index contributed by atoms with van der Waals surface area (Å²) in [5.74, 6) is 0.940. The predicted octanol–water partition coefficient (Wildman–Crippen LogP) is 4.35. The molecule has 3 heteroatoms. The second-order valence-corrected chi connectivity index (χ2v) is 5.60. The summed E-state index contributed by atoms with van der Waals surface area (Å²) in [5, 5.41) is 3.54. The average Bonchev–Trinajstić information content (AvgIpc) is 2.49. The van der Waals surface area contributed by atoms with E-state index in [0.717, 1.165) is 23.2 Å². The molecule has 2 rings (SSSR count). The smallest absolute Gasteiger partial charge is 0.123 e. The van der Waals surface area contributed by atoms with Crippen LogP contribution in [-0.2, 0) is 6.42 Å². The van der Waals surface area contributed by atoms with E-state index >= 15 is 0 Å². The number of para-hydroxylation sites is 1. The molecule has 0 saturated carbocycles. The summed E-state index contributed by atoms with van der Waals surface area (Å²) in [6, 6.07) is 17.0. The Hall–Kier alpha value is -1.32. The Kier molecular flexibility index (Phi) is 5.62. The molecule has 0 aromatic heterocycles. The van der Waals surface area contributed by atoms with Crippen molar-refractivity contribution < 1.29 is 4.74 Å². The van der Waals surface area contributed by atoms with E-state index < -0.39 is 0 Å². The molecular formula is C17H20BrNO. The van der Waals surface area contributed by atoms with Crippen LogP contribution in [0.15, 0.2) is 53.0 Å². The van der Waals surface area contributed by atoms with Crippen LogP contribution in [0, 0.1) is 0 Å². The van der Waals surface area contributed by atoms with Crippen molar-refractivity contribution in [2.75, 3.05) is 13.7 Å². The Bertz CT molecular complexity index is 539. The fraction of sp³-hybridized carbons (Fsp3) is 0.294. The molecule has 0 aliphatic rings. The molecule has 1 unspecified atom stereocenters. The van der Waals surface area contributed by atoms with Crippen LogP contribution in [0.3, 0.4) is 0 Å². The fourth-order valence-corrected chi connectivity index (χ4v) is 2.61. The first kappa shape index (κ1) is 15.1. The number of ether oxygens (including phenoxy) is 1. The first-order valence-electron chi connectivity index (χ1n) is 6.85. The molecule has 0 aliphatic heterocycles. The number of likely N-dealkylation sites (N-methyl/N-ethyl adjacent to an activating group) is 1. The van der Waals surface area contributed by atoms with E-state index in [2.05, 4.69) is 64.6 Å². The second kappa shape index (κ2) is 7.46. The predicted molar refractivity (Wildman–Crippen MR) is 87.3 cm³/mol. The van der Waals surface area contributed by atoms with Crippen LogP contribution in [0.25, 0.3) is 0 Å². The summed E-state index contributed by atoms with van der Waals surface area (Å²) in [6.45, 7) is 3.06. The number of rotatable bonds is 6. The third-order valence-electron chi connectivity index (χ3n) is 3.32.